The Balaban J connectivity index is 1.72. The highest BCUT2D eigenvalue weighted by molar-refractivity contribution is 8.00. The van der Waals surface area contributed by atoms with Crippen molar-refractivity contribution in [3.63, 3.8) is 0 Å². The minimum Gasteiger partial charge on any atom is -0.431 e. The number of fused-ring (bicyclic) bond motifs is 1. The second-order valence-electron chi connectivity index (χ2n) is 5.37. The van der Waals surface area contributed by atoms with Gasteiger partial charge in [-0.25, -0.2) is 4.98 Å². The van der Waals surface area contributed by atoms with Crippen molar-refractivity contribution in [2.75, 3.05) is 5.32 Å². The summed E-state index contributed by atoms with van der Waals surface area (Å²) < 4.78 is 7.40. The number of hydrogen-bond acceptors (Lipinski definition) is 5. The van der Waals surface area contributed by atoms with Crippen LogP contribution >= 0.6 is 11.8 Å². The molecule has 120 valence electrons. The normalized spacial score (nSPS) is 12.5. The van der Waals surface area contributed by atoms with Gasteiger partial charge in [0.15, 0.2) is 5.58 Å². The lowest BCUT2D eigenvalue weighted by molar-refractivity contribution is -0.115. The molecular weight excluding hydrogens is 312 g/mol. The molecule has 6 nitrogen and oxygen atoms in total. The number of carbonyl (C=O) groups is 1. The molecule has 0 aliphatic carbocycles. The van der Waals surface area contributed by atoms with E-state index in [0.29, 0.717) is 5.22 Å². The molecule has 3 aromatic rings. The van der Waals surface area contributed by atoms with E-state index in [4.69, 9.17) is 4.42 Å². The first kappa shape index (κ1) is 15.6. The molecule has 1 N–H and O–H groups in total. The summed E-state index contributed by atoms with van der Waals surface area (Å²) in [5.74, 6) is -0.101. The number of hydrogen-bond donors (Lipinski definition) is 1. The predicted molar refractivity (Wildman–Crippen MR) is 90.6 cm³/mol. The Labute approximate surface area is 138 Å². The van der Waals surface area contributed by atoms with Gasteiger partial charge in [0, 0.05) is 7.05 Å². The topological polar surface area (TPSA) is 73.0 Å². The average Bonchev–Trinajstić information content (AvgIpc) is 3.02. The van der Waals surface area contributed by atoms with E-state index in [1.807, 2.05) is 52.1 Å². The molecule has 0 saturated heterocycles. The third-order valence-electron chi connectivity index (χ3n) is 3.68. The zero-order valence-corrected chi connectivity index (χ0v) is 14.3. The number of nitrogens with one attached hydrogen (secondary N) is 1. The second kappa shape index (κ2) is 6.08. The third kappa shape index (κ3) is 3.10. The number of rotatable bonds is 4. The van der Waals surface area contributed by atoms with Crippen LogP contribution in [0.15, 0.2) is 33.9 Å². The highest BCUT2D eigenvalue weighted by Crippen LogP contribution is 2.28. The minimum atomic E-state index is -0.331. The molecule has 0 spiro atoms. The first-order valence-corrected chi connectivity index (χ1v) is 8.17. The van der Waals surface area contributed by atoms with Gasteiger partial charge in [-0.3, -0.25) is 9.48 Å². The van der Waals surface area contributed by atoms with Gasteiger partial charge in [-0.05, 0) is 32.9 Å². The number of aromatic nitrogens is 3. The van der Waals surface area contributed by atoms with Gasteiger partial charge in [-0.2, -0.15) is 5.10 Å². The molecule has 0 aliphatic heterocycles. The number of aryl methyl sites for hydroxylation is 2. The first-order valence-electron chi connectivity index (χ1n) is 7.29. The van der Waals surface area contributed by atoms with Crippen molar-refractivity contribution in [2.24, 2.45) is 7.05 Å². The lowest BCUT2D eigenvalue weighted by atomic mass is 10.3. The summed E-state index contributed by atoms with van der Waals surface area (Å²) in [5.41, 5.74) is 4.01. The van der Waals surface area contributed by atoms with Gasteiger partial charge in [0.2, 0.25) is 5.91 Å². The Morgan fingerprint density at radius 1 is 1.35 bits per heavy atom. The molecule has 0 fully saturated rings. The fraction of sp³-hybridized carbons (Fsp3) is 0.312. The van der Waals surface area contributed by atoms with Crippen molar-refractivity contribution in [1.82, 2.24) is 14.8 Å². The van der Waals surface area contributed by atoms with Crippen molar-refractivity contribution in [1.29, 1.82) is 0 Å². The monoisotopic (exact) mass is 330 g/mol. The predicted octanol–water partition coefficient (Wildman–Crippen LogP) is 3.30. The van der Waals surface area contributed by atoms with E-state index in [1.54, 1.807) is 4.68 Å². The zero-order valence-electron chi connectivity index (χ0n) is 13.5. The number of oxazole rings is 1. The molecule has 3 rings (SSSR count). The average molecular weight is 330 g/mol. The molecule has 1 amide bonds. The Hall–Kier alpha value is -2.28. The summed E-state index contributed by atoms with van der Waals surface area (Å²) in [6.07, 6.45) is 0. The van der Waals surface area contributed by atoms with E-state index in [0.717, 1.165) is 28.2 Å². The molecule has 23 heavy (non-hydrogen) atoms. The fourth-order valence-corrected chi connectivity index (χ4v) is 3.04. The van der Waals surface area contributed by atoms with Crippen LogP contribution in [0.1, 0.15) is 18.3 Å². The maximum atomic E-state index is 12.4. The number of carbonyl (C=O) groups excluding carboxylic acids is 1. The van der Waals surface area contributed by atoms with Crippen LogP contribution in [0.3, 0.4) is 0 Å². The molecule has 0 bridgehead atoms. The van der Waals surface area contributed by atoms with Gasteiger partial charge in [0.25, 0.3) is 5.22 Å². The van der Waals surface area contributed by atoms with E-state index in [-0.39, 0.29) is 11.2 Å². The lowest BCUT2D eigenvalue weighted by Gasteiger charge is -2.10. The Morgan fingerprint density at radius 2 is 2.09 bits per heavy atom. The van der Waals surface area contributed by atoms with Gasteiger partial charge in [-0.15, -0.1) is 0 Å². The number of benzene rings is 1. The van der Waals surface area contributed by atoms with Crippen LogP contribution in [-0.2, 0) is 11.8 Å². The van der Waals surface area contributed by atoms with Crippen molar-refractivity contribution in [2.45, 2.75) is 31.2 Å². The molecule has 2 heterocycles. The van der Waals surface area contributed by atoms with Gasteiger partial charge in [-0.1, -0.05) is 23.9 Å². The molecule has 1 atom stereocenters. The van der Waals surface area contributed by atoms with Crippen LogP contribution in [0.5, 0.6) is 0 Å². The van der Waals surface area contributed by atoms with Crippen LogP contribution in [0, 0.1) is 13.8 Å². The van der Waals surface area contributed by atoms with Crippen molar-refractivity contribution in [3.05, 3.63) is 35.7 Å². The summed E-state index contributed by atoms with van der Waals surface area (Å²) in [5, 5.41) is 7.40. The summed E-state index contributed by atoms with van der Waals surface area (Å²) in [7, 11) is 1.86. The largest absolute Gasteiger partial charge is 0.431 e. The van der Waals surface area contributed by atoms with Crippen LogP contribution < -0.4 is 5.32 Å². The number of anilines is 1. The molecule has 1 aromatic carbocycles. The molecule has 0 aliphatic rings. The zero-order chi connectivity index (χ0) is 16.6. The van der Waals surface area contributed by atoms with Crippen molar-refractivity contribution >= 4 is 34.5 Å². The van der Waals surface area contributed by atoms with E-state index in [2.05, 4.69) is 15.4 Å². The quantitative estimate of drug-likeness (QED) is 0.743. The smallest absolute Gasteiger partial charge is 0.257 e. The molecule has 0 unspecified atom stereocenters. The number of thioether (sulfide) groups is 1. The Kier molecular flexibility index (Phi) is 4.12. The fourth-order valence-electron chi connectivity index (χ4n) is 2.29. The molecule has 0 radical (unpaired) electrons. The minimum absolute atomic E-state index is 0.101. The first-order chi connectivity index (χ1) is 11.0. The SMILES string of the molecule is Cc1nn(C)c(C)c1NC(=O)[C@H](C)Sc1nc2ccccc2o1. The van der Waals surface area contributed by atoms with E-state index < -0.39 is 0 Å². The molecule has 7 heteroatoms. The van der Waals surface area contributed by atoms with Crippen molar-refractivity contribution in [3.8, 4) is 0 Å². The highest BCUT2D eigenvalue weighted by Gasteiger charge is 2.20. The van der Waals surface area contributed by atoms with E-state index in [1.165, 1.54) is 11.8 Å². The summed E-state index contributed by atoms with van der Waals surface area (Å²) >= 11 is 1.30. The number of nitrogens with zero attached hydrogens (tertiary/aromatic N) is 3. The maximum Gasteiger partial charge on any atom is 0.257 e. The van der Waals surface area contributed by atoms with Gasteiger partial charge in [0.1, 0.15) is 5.52 Å². The van der Waals surface area contributed by atoms with Crippen molar-refractivity contribution < 1.29 is 9.21 Å². The van der Waals surface area contributed by atoms with Crippen LogP contribution in [0.2, 0.25) is 0 Å². The second-order valence-corrected chi connectivity index (χ2v) is 6.66. The van der Waals surface area contributed by atoms with Gasteiger partial charge < -0.3 is 9.73 Å². The highest BCUT2D eigenvalue weighted by atomic mass is 32.2. The molecule has 2 aromatic heterocycles. The van der Waals surface area contributed by atoms with Gasteiger partial charge in [0.05, 0.1) is 22.3 Å². The van der Waals surface area contributed by atoms with E-state index >= 15 is 0 Å². The van der Waals surface area contributed by atoms with E-state index in [9.17, 15) is 4.79 Å². The van der Waals surface area contributed by atoms with Crippen LogP contribution in [0.25, 0.3) is 11.1 Å². The Bertz CT molecular complexity index is 835. The summed E-state index contributed by atoms with van der Waals surface area (Å²) in [4.78, 5) is 16.8. The number of para-hydroxylation sites is 2. The van der Waals surface area contributed by atoms with Crippen LogP contribution in [-0.4, -0.2) is 25.9 Å². The molecule has 0 saturated carbocycles. The Morgan fingerprint density at radius 3 is 2.74 bits per heavy atom. The third-order valence-corrected chi connectivity index (χ3v) is 4.62. The maximum absolute atomic E-state index is 12.4. The standard InChI is InChI=1S/C16H18N4O2S/c1-9-14(10(2)20(4)19-9)18-15(21)11(3)23-16-17-12-7-5-6-8-13(12)22-16/h5-8,11H,1-4H3,(H,18,21)/t11-/m0/s1. The lowest BCUT2D eigenvalue weighted by Crippen LogP contribution is -2.23. The van der Waals surface area contributed by atoms with Crippen LogP contribution in [0.4, 0.5) is 5.69 Å². The molecular formula is C16H18N4O2S. The summed E-state index contributed by atoms with van der Waals surface area (Å²) in [6.45, 7) is 5.63. The number of amides is 1. The van der Waals surface area contributed by atoms with Gasteiger partial charge >= 0.3 is 0 Å². The summed E-state index contributed by atoms with van der Waals surface area (Å²) in [6, 6.07) is 7.55.